The van der Waals surface area contributed by atoms with Crippen LogP contribution < -0.4 is 5.32 Å². The van der Waals surface area contributed by atoms with E-state index < -0.39 is 9.05 Å². The van der Waals surface area contributed by atoms with Crippen molar-refractivity contribution in [3.63, 3.8) is 0 Å². The molecule has 2 rings (SSSR count). The van der Waals surface area contributed by atoms with Gasteiger partial charge in [0.25, 0.3) is 15.0 Å². The highest BCUT2D eigenvalue weighted by molar-refractivity contribution is 8.13. The highest BCUT2D eigenvalue weighted by Crippen LogP contribution is 2.33. The first-order valence-corrected chi connectivity index (χ1v) is 9.60. The van der Waals surface area contributed by atoms with E-state index >= 15 is 0 Å². The zero-order valence-corrected chi connectivity index (χ0v) is 14.1. The minimum absolute atomic E-state index is 0.0211. The van der Waals surface area contributed by atoms with Gasteiger partial charge in [0.05, 0.1) is 10.0 Å². The van der Waals surface area contributed by atoms with E-state index in [1.807, 2.05) is 0 Å². The SMILES string of the molecule is O=C(NC1CCCCC1)c1cc(Cl)c(Cl)c(S(=O)(=O)Cl)c1. The van der Waals surface area contributed by atoms with Gasteiger partial charge in [-0.05, 0) is 25.0 Å². The second-order valence-corrected chi connectivity index (χ2v) is 8.34. The Hall–Kier alpha value is -0.490. The molecule has 1 aromatic rings. The van der Waals surface area contributed by atoms with Gasteiger partial charge < -0.3 is 5.32 Å². The summed E-state index contributed by atoms with van der Waals surface area (Å²) < 4.78 is 22.9. The van der Waals surface area contributed by atoms with Crippen LogP contribution in [0.1, 0.15) is 42.5 Å². The topological polar surface area (TPSA) is 63.2 Å². The maximum atomic E-state index is 12.2. The summed E-state index contributed by atoms with van der Waals surface area (Å²) in [5.74, 6) is -0.373. The molecule has 1 aliphatic carbocycles. The lowest BCUT2D eigenvalue weighted by Crippen LogP contribution is -2.36. The third-order valence-electron chi connectivity index (χ3n) is 3.46. The van der Waals surface area contributed by atoms with E-state index in [9.17, 15) is 13.2 Å². The Morgan fingerprint density at radius 1 is 1.14 bits per heavy atom. The van der Waals surface area contributed by atoms with E-state index in [1.165, 1.54) is 12.5 Å². The van der Waals surface area contributed by atoms with Crippen molar-refractivity contribution in [2.75, 3.05) is 0 Å². The standard InChI is InChI=1S/C13H14Cl3NO3S/c14-10-6-8(7-11(12(10)15)21(16,19)20)13(18)17-9-4-2-1-3-5-9/h6-7,9H,1-5H2,(H,17,18). The molecule has 1 amide bonds. The second kappa shape index (κ2) is 6.73. The van der Waals surface area contributed by atoms with Crippen molar-refractivity contribution in [1.29, 1.82) is 0 Å². The van der Waals surface area contributed by atoms with Crippen LogP contribution >= 0.6 is 33.9 Å². The first-order chi connectivity index (χ1) is 9.79. The number of carbonyl (C=O) groups excluding carboxylic acids is 1. The zero-order valence-electron chi connectivity index (χ0n) is 11.0. The predicted molar refractivity (Wildman–Crippen MR) is 83.8 cm³/mol. The normalized spacial score (nSPS) is 16.7. The molecular formula is C13H14Cl3NO3S. The van der Waals surface area contributed by atoms with E-state index in [0.29, 0.717) is 0 Å². The van der Waals surface area contributed by atoms with Gasteiger partial charge in [-0.2, -0.15) is 0 Å². The molecule has 116 valence electrons. The number of halogens is 3. The molecule has 0 saturated heterocycles. The molecule has 0 radical (unpaired) electrons. The van der Waals surface area contributed by atoms with Crippen LogP contribution in [0.3, 0.4) is 0 Å². The van der Waals surface area contributed by atoms with Crippen LogP contribution in [0.2, 0.25) is 10.0 Å². The highest BCUT2D eigenvalue weighted by Gasteiger charge is 2.22. The van der Waals surface area contributed by atoms with E-state index in [1.54, 1.807) is 0 Å². The third kappa shape index (κ3) is 4.25. The molecule has 0 heterocycles. The van der Waals surface area contributed by atoms with Crippen LogP contribution in [0.15, 0.2) is 17.0 Å². The largest absolute Gasteiger partial charge is 0.349 e. The molecule has 1 N–H and O–H groups in total. The Kier molecular flexibility index (Phi) is 5.41. The Morgan fingerprint density at radius 3 is 2.33 bits per heavy atom. The zero-order chi connectivity index (χ0) is 15.6. The summed E-state index contributed by atoms with van der Waals surface area (Å²) in [6, 6.07) is 2.60. The summed E-state index contributed by atoms with van der Waals surface area (Å²) in [4.78, 5) is 11.9. The third-order valence-corrected chi connectivity index (χ3v) is 5.72. The minimum Gasteiger partial charge on any atom is -0.349 e. The van der Waals surface area contributed by atoms with Crippen LogP contribution in [-0.2, 0) is 9.05 Å². The van der Waals surface area contributed by atoms with Gasteiger partial charge in [0.1, 0.15) is 4.90 Å². The number of amides is 1. The van der Waals surface area contributed by atoms with E-state index in [4.69, 9.17) is 33.9 Å². The molecule has 0 unspecified atom stereocenters. The van der Waals surface area contributed by atoms with Crippen LogP contribution in [0.5, 0.6) is 0 Å². The molecule has 1 aromatic carbocycles. The van der Waals surface area contributed by atoms with Crippen LogP contribution in [-0.4, -0.2) is 20.4 Å². The Labute approximate surface area is 138 Å². The van der Waals surface area contributed by atoms with Gasteiger partial charge in [-0.1, -0.05) is 42.5 Å². The molecule has 1 fully saturated rings. The number of rotatable bonds is 3. The molecule has 0 aromatic heterocycles. The van der Waals surface area contributed by atoms with Gasteiger partial charge in [0.15, 0.2) is 0 Å². The van der Waals surface area contributed by atoms with Crippen LogP contribution in [0.4, 0.5) is 0 Å². The van der Waals surface area contributed by atoms with Crippen molar-refractivity contribution < 1.29 is 13.2 Å². The Balaban J connectivity index is 2.27. The molecule has 0 aliphatic heterocycles. The van der Waals surface area contributed by atoms with Crippen molar-refractivity contribution >= 4 is 48.8 Å². The molecule has 1 aliphatic rings. The van der Waals surface area contributed by atoms with Crippen molar-refractivity contribution in [3.05, 3.63) is 27.7 Å². The summed E-state index contributed by atoms with van der Waals surface area (Å²) in [7, 11) is 1.23. The fraction of sp³-hybridized carbons (Fsp3) is 0.462. The Bertz CT molecular complexity index is 655. The van der Waals surface area contributed by atoms with Gasteiger partial charge in [-0.15, -0.1) is 0 Å². The van der Waals surface area contributed by atoms with Crippen molar-refractivity contribution in [1.82, 2.24) is 5.32 Å². The van der Waals surface area contributed by atoms with Gasteiger partial charge >= 0.3 is 0 Å². The number of benzene rings is 1. The Morgan fingerprint density at radius 2 is 1.76 bits per heavy atom. The van der Waals surface area contributed by atoms with Crippen LogP contribution in [0, 0.1) is 0 Å². The first kappa shape index (κ1) is 16.9. The van der Waals surface area contributed by atoms with Crippen LogP contribution in [0.25, 0.3) is 0 Å². The summed E-state index contributed by atoms with van der Waals surface area (Å²) in [6.07, 6.45) is 5.18. The number of carbonyl (C=O) groups is 1. The van der Waals surface area contributed by atoms with Gasteiger partial charge in [-0.25, -0.2) is 8.42 Å². The molecule has 4 nitrogen and oxygen atoms in total. The van der Waals surface area contributed by atoms with Gasteiger partial charge in [-0.3, -0.25) is 4.79 Å². The fourth-order valence-electron chi connectivity index (χ4n) is 2.39. The maximum Gasteiger partial charge on any atom is 0.262 e. The monoisotopic (exact) mass is 369 g/mol. The quantitative estimate of drug-likeness (QED) is 0.818. The lowest BCUT2D eigenvalue weighted by molar-refractivity contribution is 0.0927. The smallest absolute Gasteiger partial charge is 0.262 e. The summed E-state index contributed by atoms with van der Waals surface area (Å²) in [6.45, 7) is 0. The summed E-state index contributed by atoms with van der Waals surface area (Å²) in [5, 5.41) is 2.68. The predicted octanol–water partition coefficient (Wildman–Crippen LogP) is 3.98. The number of hydrogen-bond donors (Lipinski definition) is 1. The first-order valence-electron chi connectivity index (χ1n) is 6.53. The summed E-state index contributed by atoms with van der Waals surface area (Å²) in [5.41, 5.74) is 0.134. The molecule has 0 spiro atoms. The summed E-state index contributed by atoms with van der Waals surface area (Å²) >= 11 is 11.7. The molecule has 8 heteroatoms. The van der Waals surface area contributed by atoms with Crippen molar-refractivity contribution in [3.8, 4) is 0 Å². The average molecular weight is 371 g/mol. The molecule has 1 saturated carbocycles. The van der Waals surface area contributed by atoms with Crippen molar-refractivity contribution in [2.24, 2.45) is 0 Å². The van der Waals surface area contributed by atoms with Gasteiger partial charge in [0.2, 0.25) is 0 Å². The lowest BCUT2D eigenvalue weighted by atomic mass is 9.95. The van der Waals surface area contributed by atoms with Crippen molar-refractivity contribution in [2.45, 2.75) is 43.0 Å². The average Bonchev–Trinajstić information content (AvgIpc) is 2.41. The van der Waals surface area contributed by atoms with E-state index in [-0.39, 0.29) is 32.5 Å². The highest BCUT2D eigenvalue weighted by atomic mass is 35.7. The number of nitrogens with one attached hydrogen (secondary N) is 1. The molecule has 0 atom stereocenters. The molecule has 21 heavy (non-hydrogen) atoms. The molecular weight excluding hydrogens is 357 g/mol. The van der Waals surface area contributed by atoms with Gasteiger partial charge in [0, 0.05) is 22.3 Å². The second-order valence-electron chi connectivity index (χ2n) is 5.02. The minimum atomic E-state index is -4.07. The maximum absolute atomic E-state index is 12.2. The molecule has 0 bridgehead atoms. The van der Waals surface area contributed by atoms with E-state index in [2.05, 4.69) is 5.32 Å². The number of hydrogen-bond acceptors (Lipinski definition) is 3. The van der Waals surface area contributed by atoms with E-state index in [0.717, 1.165) is 31.7 Å². The lowest BCUT2D eigenvalue weighted by Gasteiger charge is -2.22. The fourth-order valence-corrected chi connectivity index (χ4v) is 4.15.